The minimum atomic E-state index is -3.44. The molecule has 1 aromatic rings. The Labute approximate surface area is 120 Å². The van der Waals surface area contributed by atoms with Crippen LogP contribution in [0.5, 0.6) is 0 Å². The van der Waals surface area contributed by atoms with E-state index in [1.54, 1.807) is 19.2 Å². The highest BCUT2D eigenvalue weighted by Crippen LogP contribution is 2.28. The highest BCUT2D eigenvalue weighted by atomic mass is 32.2. The molecule has 0 amide bonds. The molecule has 20 heavy (non-hydrogen) atoms. The molecule has 0 aromatic heterocycles. The molecule has 0 aliphatic carbocycles. The lowest BCUT2D eigenvalue weighted by Crippen LogP contribution is -2.37. The number of ether oxygens (including phenoxy) is 1. The number of nitrogens with one attached hydrogen (secondary N) is 1. The van der Waals surface area contributed by atoms with E-state index in [4.69, 9.17) is 4.74 Å². The fourth-order valence-electron chi connectivity index (χ4n) is 2.77. The third kappa shape index (κ3) is 2.43. The van der Waals surface area contributed by atoms with Gasteiger partial charge >= 0.3 is 0 Å². The van der Waals surface area contributed by atoms with Crippen molar-refractivity contribution in [3.63, 3.8) is 0 Å². The Morgan fingerprint density at radius 3 is 3.00 bits per heavy atom. The first-order valence-corrected chi connectivity index (χ1v) is 8.45. The van der Waals surface area contributed by atoms with E-state index in [1.807, 2.05) is 6.07 Å². The lowest BCUT2D eigenvalue weighted by atomic mass is 10.0. The van der Waals surface area contributed by atoms with Crippen LogP contribution in [0.3, 0.4) is 0 Å². The predicted octanol–water partition coefficient (Wildman–Crippen LogP) is 1.45. The molecule has 2 heterocycles. The van der Waals surface area contributed by atoms with Gasteiger partial charge in [0, 0.05) is 25.9 Å². The Hall–Kier alpha value is -1.11. The number of anilines is 1. The molecule has 6 heteroatoms. The Balaban J connectivity index is 1.90. The van der Waals surface area contributed by atoms with E-state index < -0.39 is 10.0 Å². The minimum absolute atomic E-state index is 0.0519. The fourth-order valence-corrected chi connectivity index (χ4v) is 4.17. The molecule has 0 spiro atoms. The van der Waals surface area contributed by atoms with Crippen LogP contribution in [-0.2, 0) is 21.2 Å². The van der Waals surface area contributed by atoms with Gasteiger partial charge in [0.25, 0.3) is 0 Å². The van der Waals surface area contributed by atoms with Crippen molar-refractivity contribution in [2.45, 2.75) is 30.2 Å². The molecule has 1 aromatic carbocycles. The average Bonchev–Trinajstić information content (AvgIpc) is 3.00. The number of aryl methyl sites for hydroxylation is 1. The predicted molar refractivity (Wildman–Crippen MR) is 77.4 cm³/mol. The second kappa shape index (κ2) is 5.35. The summed E-state index contributed by atoms with van der Waals surface area (Å²) in [6, 6.07) is 5.35. The van der Waals surface area contributed by atoms with Crippen molar-refractivity contribution in [3.8, 4) is 0 Å². The van der Waals surface area contributed by atoms with Crippen LogP contribution in [0.25, 0.3) is 0 Å². The van der Waals surface area contributed by atoms with Crippen LogP contribution in [0, 0.1) is 0 Å². The first-order chi connectivity index (χ1) is 9.59. The van der Waals surface area contributed by atoms with Gasteiger partial charge in [0.15, 0.2) is 0 Å². The van der Waals surface area contributed by atoms with E-state index in [0.717, 1.165) is 31.5 Å². The monoisotopic (exact) mass is 296 g/mol. The van der Waals surface area contributed by atoms with Gasteiger partial charge in [-0.15, -0.1) is 0 Å². The number of hydrogen-bond acceptors (Lipinski definition) is 4. The molecular formula is C14H20N2O3S. The molecule has 3 rings (SSSR count). The van der Waals surface area contributed by atoms with Crippen molar-refractivity contribution in [2.24, 2.45) is 0 Å². The topological polar surface area (TPSA) is 58.6 Å². The van der Waals surface area contributed by atoms with Crippen LogP contribution in [-0.4, -0.2) is 45.6 Å². The first-order valence-electron chi connectivity index (χ1n) is 7.01. The summed E-state index contributed by atoms with van der Waals surface area (Å²) in [6.07, 6.45) is 2.87. The number of fused-ring (bicyclic) bond motifs is 1. The van der Waals surface area contributed by atoms with Crippen LogP contribution in [0.4, 0.5) is 5.69 Å². The average molecular weight is 296 g/mol. The van der Waals surface area contributed by atoms with Gasteiger partial charge in [-0.2, -0.15) is 4.31 Å². The van der Waals surface area contributed by atoms with Gasteiger partial charge in [-0.25, -0.2) is 8.42 Å². The largest absolute Gasteiger partial charge is 0.385 e. The third-order valence-corrected chi connectivity index (χ3v) is 6.02. The maximum atomic E-state index is 12.6. The smallest absolute Gasteiger partial charge is 0.243 e. The van der Waals surface area contributed by atoms with E-state index in [-0.39, 0.29) is 6.04 Å². The number of nitrogens with zero attached hydrogens (tertiary/aromatic N) is 1. The fraction of sp³-hybridized carbons (Fsp3) is 0.571. The molecule has 1 fully saturated rings. The molecule has 2 aliphatic heterocycles. The zero-order valence-electron chi connectivity index (χ0n) is 11.6. The summed E-state index contributed by atoms with van der Waals surface area (Å²) in [5.74, 6) is 0. The summed E-state index contributed by atoms with van der Waals surface area (Å²) in [6.45, 7) is 2.03. The molecule has 5 nitrogen and oxygen atoms in total. The highest BCUT2D eigenvalue weighted by molar-refractivity contribution is 7.89. The van der Waals surface area contributed by atoms with Crippen molar-refractivity contribution in [1.82, 2.24) is 4.31 Å². The molecule has 0 bridgehead atoms. The lowest BCUT2D eigenvalue weighted by molar-refractivity contribution is 0.181. The number of rotatable bonds is 3. The minimum Gasteiger partial charge on any atom is -0.385 e. The normalized spacial score (nSPS) is 22.6. The molecule has 1 atom stereocenters. The number of likely N-dealkylation sites (N-methyl/N-ethyl adjacent to an activating group) is 1. The maximum Gasteiger partial charge on any atom is 0.243 e. The number of hydrogen-bond donors (Lipinski definition) is 1. The van der Waals surface area contributed by atoms with Crippen molar-refractivity contribution in [2.75, 3.05) is 32.1 Å². The Morgan fingerprint density at radius 1 is 1.40 bits per heavy atom. The van der Waals surface area contributed by atoms with Crippen molar-refractivity contribution in [3.05, 3.63) is 23.8 Å². The Bertz CT molecular complexity index is 594. The van der Waals surface area contributed by atoms with Gasteiger partial charge in [0.05, 0.1) is 17.5 Å². The second-order valence-corrected chi connectivity index (χ2v) is 7.39. The molecule has 1 N–H and O–H groups in total. The molecule has 0 saturated carbocycles. The van der Waals surface area contributed by atoms with Crippen molar-refractivity contribution >= 4 is 15.7 Å². The van der Waals surface area contributed by atoms with E-state index in [1.165, 1.54) is 9.87 Å². The molecule has 2 aliphatic rings. The van der Waals surface area contributed by atoms with Gasteiger partial charge in [0.1, 0.15) is 0 Å². The van der Waals surface area contributed by atoms with Gasteiger partial charge in [0.2, 0.25) is 10.0 Å². The van der Waals surface area contributed by atoms with E-state index in [0.29, 0.717) is 18.1 Å². The summed E-state index contributed by atoms with van der Waals surface area (Å²) < 4.78 is 32.0. The van der Waals surface area contributed by atoms with Gasteiger partial charge in [-0.05, 0) is 37.0 Å². The van der Waals surface area contributed by atoms with Crippen LogP contribution >= 0.6 is 0 Å². The molecule has 1 saturated heterocycles. The third-order valence-electron chi connectivity index (χ3n) is 4.12. The summed E-state index contributed by atoms with van der Waals surface area (Å²) in [5.41, 5.74) is 2.15. The lowest BCUT2D eigenvalue weighted by Gasteiger charge is -2.24. The van der Waals surface area contributed by atoms with E-state index >= 15 is 0 Å². The Morgan fingerprint density at radius 2 is 2.25 bits per heavy atom. The molecule has 0 radical (unpaired) electrons. The summed E-state index contributed by atoms with van der Waals surface area (Å²) >= 11 is 0. The zero-order chi connectivity index (χ0) is 14.2. The summed E-state index contributed by atoms with van der Waals surface area (Å²) in [5, 5.41) is 3.28. The van der Waals surface area contributed by atoms with Crippen molar-refractivity contribution < 1.29 is 13.2 Å². The van der Waals surface area contributed by atoms with Crippen molar-refractivity contribution in [1.29, 1.82) is 0 Å². The maximum absolute atomic E-state index is 12.6. The van der Waals surface area contributed by atoms with E-state index in [9.17, 15) is 8.42 Å². The molecular weight excluding hydrogens is 276 g/mol. The zero-order valence-corrected chi connectivity index (χ0v) is 12.4. The SMILES string of the molecule is CN(C1CCOC1)S(=O)(=O)c1ccc2c(c1)NCCC2. The first kappa shape index (κ1) is 13.9. The Kier molecular flexibility index (Phi) is 3.70. The van der Waals surface area contributed by atoms with Gasteiger partial charge in [-0.3, -0.25) is 0 Å². The second-order valence-electron chi connectivity index (χ2n) is 5.39. The molecule has 1 unspecified atom stereocenters. The number of benzene rings is 1. The van der Waals surface area contributed by atoms with Crippen LogP contribution in [0.2, 0.25) is 0 Å². The van der Waals surface area contributed by atoms with Crippen LogP contribution in [0.15, 0.2) is 23.1 Å². The summed E-state index contributed by atoms with van der Waals surface area (Å²) in [4.78, 5) is 0.361. The number of sulfonamides is 1. The summed E-state index contributed by atoms with van der Waals surface area (Å²) in [7, 11) is -1.80. The quantitative estimate of drug-likeness (QED) is 0.917. The standard InChI is InChI=1S/C14H20N2O3S/c1-16(12-6-8-19-10-12)20(17,18)13-5-4-11-3-2-7-15-14(11)9-13/h4-5,9,12,15H,2-3,6-8,10H2,1H3. The highest BCUT2D eigenvalue weighted by Gasteiger charge is 2.31. The van der Waals surface area contributed by atoms with Crippen LogP contribution < -0.4 is 5.32 Å². The van der Waals surface area contributed by atoms with Gasteiger partial charge in [-0.1, -0.05) is 6.07 Å². The van der Waals surface area contributed by atoms with E-state index in [2.05, 4.69) is 5.32 Å². The molecule has 110 valence electrons. The van der Waals surface area contributed by atoms with Gasteiger partial charge < -0.3 is 10.1 Å². The van der Waals surface area contributed by atoms with Crippen LogP contribution in [0.1, 0.15) is 18.4 Å².